The van der Waals surface area contributed by atoms with Crippen LogP contribution in [0.2, 0.25) is 5.02 Å². The monoisotopic (exact) mass is 683 g/mol. The molecule has 2 saturated heterocycles. The van der Waals surface area contributed by atoms with Crippen LogP contribution >= 0.6 is 11.6 Å². The molecule has 1 aromatic heterocycles. The highest BCUT2D eigenvalue weighted by atomic mass is 35.5. The molecule has 0 bridgehead atoms. The largest absolute Gasteiger partial charge is 0.493 e. The summed E-state index contributed by atoms with van der Waals surface area (Å²) in [5.41, 5.74) is 0.0466. The van der Waals surface area contributed by atoms with Gasteiger partial charge in [0.05, 0.1) is 43.2 Å². The van der Waals surface area contributed by atoms with Crippen molar-refractivity contribution in [3.63, 3.8) is 0 Å². The van der Waals surface area contributed by atoms with Crippen LogP contribution in [0.5, 0.6) is 5.75 Å². The molecule has 3 aliphatic rings. The van der Waals surface area contributed by atoms with Gasteiger partial charge in [-0.05, 0) is 43.4 Å². The van der Waals surface area contributed by atoms with Crippen molar-refractivity contribution in [2.75, 3.05) is 57.4 Å². The molecule has 2 aromatic rings. The zero-order valence-corrected chi connectivity index (χ0v) is 26.9. The van der Waals surface area contributed by atoms with Gasteiger partial charge in [-0.1, -0.05) is 11.6 Å². The number of carbonyl (C=O) groups excluding carboxylic acids is 1. The van der Waals surface area contributed by atoms with E-state index in [-0.39, 0.29) is 23.8 Å². The van der Waals surface area contributed by atoms with Crippen LogP contribution in [0, 0.1) is 28.9 Å². The normalized spacial score (nSPS) is 21.7. The summed E-state index contributed by atoms with van der Waals surface area (Å²) in [6, 6.07) is 2.25. The highest BCUT2D eigenvalue weighted by Crippen LogP contribution is 2.61. The number of piperidine rings is 1. The summed E-state index contributed by atoms with van der Waals surface area (Å²) in [4.78, 5) is 25.0. The molecule has 1 spiro atoms. The third-order valence-corrected chi connectivity index (χ3v) is 10.0. The van der Waals surface area contributed by atoms with E-state index in [0.717, 1.165) is 50.9 Å². The van der Waals surface area contributed by atoms with Crippen molar-refractivity contribution >= 4 is 23.5 Å². The first-order valence-corrected chi connectivity index (χ1v) is 16.5. The number of ether oxygens (including phenoxy) is 1. The second kappa shape index (κ2) is 15.7. The van der Waals surface area contributed by atoms with Crippen molar-refractivity contribution in [2.24, 2.45) is 17.3 Å². The quantitative estimate of drug-likeness (QED) is 0.139. The van der Waals surface area contributed by atoms with E-state index in [1.165, 1.54) is 11.3 Å². The number of aromatic nitrogens is 2. The number of anilines is 1. The van der Waals surface area contributed by atoms with Crippen molar-refractivity contribution in [3.05, 3.63) is 46.7 Å². The van der Waals surface area contributed by atoms with Crippen LogP contribution in [0.1, 0.15) is 37.7 Å². The van der Waals surface area contributed by atoms with Gasteiger partial charge in [-0.2, -0.15) is 0 Å². The Labute approximate surface area is 277 Å². The maximum Gasteiger partial charge on any atom is 0.227 e. The van der Waals surface area contributed by atoms with Crippen LogP contribution < -0.4 is 15.0 Å². The Morgan fingerprint density at radius 2 is 1.70 bits per heavy atom. The van der Waals surface area contributed by atoms with Gasteiger partial charge in [-0.3, -0.25) is 4.79 Å². The Hall–Kier alpha value is -2.72. The van der Waals surface area contributed by atoms with Gasteiger partial charge < -0.3 is 45.4 Å². The van der Waals surface area contributed by atoms with Gasteiger partial charge in [-0.25, -0.2) is 18.7 Å². The van der Waals surface area contributed by atoms with Gasteiger partial charge in [0, 0.05) is 62.9 Å². The van der Waals surface area contributed by atoms with Crippen LogP contribution in [0.3, 0.4) is 0 Å². The van der Waals surface area contributed by atoms with E-state index in [1.54, 1.807) is 12.4 Å². The molecule has 5 rings (SSSR count). The number of aliphatic hydroxyl groups excluding tert-OH is 5. The Bertz CT molecular complexity index is 1320. The van der Waals surface area contributed by atoms with Crippen molar-refractivity contribution in [3.8, 4) is 5.75 Å². The predicted octanol–water partition coefficient (Wildman–Crippen LogP) is 0.900. The molecule has 6 N–H and O–H groups in total. The molecule has 0 radical (unpaired) electrons. The number of aliphatic hydroxyl groups is 5. The zero-order chi connectivity index (χ0) is 33.7. The SMILES string of the molecule is O=C(Cc1c(F)cc(OCCCC2CC23CCN(c2ncc(Cl)cn2)CC3)cc1F)N1CC(CNCC(O)C(O)C(O)C(O)CO)C1. The highest BCUT2D eigenvalue weighted by Gasteiger charge is 2.54. The zero-order valence-electron chi connectivity index (χ0n) is 26.1. The third kappa shape index (κ3) is 8.85. The molecule has 2 aliphatic heterocycles. The number of rotatable bonds is 16. The van der Waals surface area contributed by atoms with E-state index >= 15 is 0 Å². The average molecular weight is 684 g/mol. The number of carbonyl (C=O) groups is 1. The number of hydrogen-bond donors (Lipinski definition) is 6. The minimum Gasteiger partial charge on any atom is -0.493 e. The molecule has 3 heterocycles. The Kier molecular flexibility index (Phi) is 11.9. The van der Waals surface area contributed by atoms with E-state index in [0.29, 0.717) is 48.5 Å². The molecule has 12 nitrogen and oxygen atoms in total. The Morgan fingerprint density at radius 3 is 2.34 bits per heavy atom. The number of likely N-dealkylation sites (tertiary alicyclic amines) is 1. The minimum absolute atomic E-state index is 0.0315. The molecule has 47 heavy (non-hydrogen) atoms. The molecule has 3 fully saturated rings. The lowest BCUT2D eigenvalue weighted by molar-refractivity contribution is -0.136. The van der Waals surface area contributed by atoms with Gasteiger partial charge in [0.15, 0.2) is 0 Å². The second-order valence-corrected chi connectivity index (χ2v) is 13.5. The summed E-state index contributed by atoms with van der Waals surface area (Å²) in [5, 5.41) is 51.2. The van der Waals surface area contributed by atoms with E-state index in [1.807, 2.05) is 0 Å². The fourth-order valence-corrected chi connectivity index (χ4v) is 6.81. The average Bonchev–Trinajstić information content (AvgIpc) is 3.72. The summed E-state index contributed by atoms with van der Waals surface area (Å²) in [7, 11) is 0. The number of nitrogens with one attached hydrogen (secondary N) is 1. The summed E-state index contributed by atoms with van der Waals surface area (Å²) >= 11 is 5.89. The number of amides is 1. The molecule has 1 amide bonds. The highest BCUT2D eigenvalue weighted by molar-refractivity contribution is 6.30. The van der Waals surface area contributed by atoms with Gasteiger partial charge >= 0.3 is 0 Å². The maximum atomic E-state index is 14.8. The third-order valence-electron chi connectivity index (χ3n) is 9.84. The molecule has 15 heteroatoms. The summed E-state index contributed by atoms with van der Waals surface area (Å²) in [6.07, 6.45) is 1.57. The van der Waals surface area contributed by atoms with E-state index in [4.69, 9.17) is 21.4 Å². The number of nitrogens with zero attached hydrogens (tertiary/aromatic N) is 4. The summed E-state index contributed by atoms with van der Waals surface area (Å²) in [6.45, 7) is 2.41. The lowest BCUT2D eigenvalue weighted by Crippen LogP contribution is -2.55. The first-order valence-electron chi connectivity index (χ1n) is 16.1. The van der Waals surface area contributed by atoms with E-state index in [2.05, 4.69) is 20.2 Å². The van der Waals surface area contributed by atoms with Crippen LogP contribution in [0.4, 0.5) is 14.7 Å². The van der Waals surface area contributed by atoms with Crippen LogP contribution in [-0.2, 0) is 11.2 Å². The second-order valence-electron chi connectivity index (χ2n) is 13.1. The van der Waals surface area contributed by atoms with Crippen molar-refractivity contribution in [2.45, 2.75) is 62.9 Å². The first-order chi connectivity index (χ1) is 22.5. The van der Waals surface area contributed by atoms with E-state index < -0.39 is 55.0 Å². The molecular formula is C32H44ClF2N5O7. The predicted molar refractivity (Wildman–Crippen MR) is 168 cm³/mol. The summed E-state index contributed by atoms with van der Waals surface area (Å²) < 4.78 is 35.3. The maximum absolute atomic E-state index is 14.8. The number of halogens is 3. The molecule has 260 valence electrons. The molecule has 5 unspecified atom stereocenters. The Balaban J connectivity index is 0.967. The molecule has 1 saturated carbocycles. The van der Waals surface area contributed by atoms with Crippen molar-refractivity contribution in [1.29, 1.82) is 0 Å². The lowest BCUT2D eigenvalue weighted by atomic mass is 9.90. The fourth-order valence-electron chi connectivity index (χ4n) is 6.71. The van der Waals surface area contributed by atoms with Gasteiger partial charge in [0.1, 0.15) is 35.7 Å². The standard InChI is InChI=1S/C32H44ClF2N5O7/c33-21-13-37-31(38-14-21)39-5-3-32(4-6-39)11-20(32)2-1-7-47-22-8-24(34)23(25(35)9-22)10-28(44)40-16-19(17-40)12-36-15-26(42)29(45)30(46)27(43)18-41/h8-9,13-14,19-20,26-27,29-30,36,41-43,45-46H,1-7,10-12,15-18H2. The summed E-state index contributed by atoms with van der Waals surface area (Å²) in [5.74, 6) is -0.616. The van der Waals surface area contributed by atoms with Crippen LogP contribution in [-0.4, -0.2) is 123 Å². The lowest BCUT2D eigenvalue weighted by Gasteiger charge is -2.39. The number of benzene rings is 1. The van der Waals surface area contributed by atoms with Crippen LogP contribution in [0.15, 0.2) is 24.5 Å². The molecule has 1 aliphatic carbocycles. The fraction of sp³-hybridized carbons (Fsp3) is 0.656. The molecular weight excluding hydrogens is 640 g/mol. The van der Waals surface area contributed by atoms with Crippen molar-refractivity contribution in [1.82, 2.24) is 20.2 Å². The van der Waals surface area contributed by atoms with Gasteiger partial charge in [0.25, 0.3) is 0 Å². The van der Waals surface area contributed by atoms with Crippen molar-refractivity contribution < 1.29 is 43.8 Å². The molecule has 1 aromatic carbocycles. The number of hydrogen-bond acceptors (Lipinski definition) is 11. The van der Waals surface area contributed by atoms with Gasteiger partial charge in [0.2, 0.25) is 11.9 Å². The van der Waals surface area contributed by atoms with E-state index in [9.17, 15) is 34.0 Å². The smallest absolute Gasteiger partial charge is 0.227 e. The Morgan fingerprint density at radius 1 is 1.06 bits per heavy atom. The minimum atomic E-state index is -1.71. The first kappa shape index (κ1) is 35.6. The molecule has 5 atom stereocenters. The van der Waals surface area contributed by atoms with Gasteiger partial charge in [-0.15, -0.1) is 0 Å². The topological polar surface area (TPSA) is 172 Å². The van der Waals surface area contributed by atoms with Crippen LogP contribution in [0.25, 0.3) is 0 Å².